The lowest BCUT2D eigenvalue weighted by atomic mass is 10.1. The number of fused-ring (bicyclic) bond motifs is 1. The topological polar surface area (TPSA) is 116 Å². The smallest absolute Gasteiger partial charge is 0.355 e. The van der Waals surface area contributed by atoms with Gasteiger partial charge in [-0.2, -0.15) is 9.78 Å². The zero-order valence-corrected chi connectivity index (χ0v) is 18.2. The molecular weight excluding hydrogens is 408 g/mol. The fourth-order valence-corrected chi connectivity index (χ4v) is 4.11. The quantitative estimate of drug-likeness (QED) is 0.475. The predicted molar refractivity (Wildman–Crippen MR) is 114 cm³/mol. The van der Waals surface area contributed by atoms with Gasteiger partial charge >= 0.3 is 11.9 Å². The maximum Gasteiger partial charge on any atom is 0.355 e. The van der Waals surface area contributed by atoms with Crippen molar-refractivity contribution in [3.05, 3.63) is 49.6 Å². The van der Waals surface area contributed by atoms with Crippen molar-refractivity contribution in [2.75, 3.05) is 13.2 Å². The number of aromatic amines is 1. The molecule has 158 valence electrons. The summed E-state index contributed by atoms with van der Waals surface area (Å²) in [6.07, 6.45) is 2.79. The highest BCUT2D eigenvalue weighted by Gasteiger charge is 2.21. The van der Waals surface area contributed by atoms with Crippen molar-refractivity contribution in [2.45, 2.75) is 34.6 Å². The van der Waals surface area contributed by atoms with Crippen LogP contribution in [0.5, 0.6) is 0 Å². The minimum atomic E-state index is -0.475. The van der Waals surface area contributed by atoms with E-state index >= 15 is 0 Å². The lowest BCUT2D eigenvalue weighted by Gasteiger charge is -2.01. The Hall–Kier alpha value is -3.27. The van der Waals surface area contributed by atoms with Crippen molar-refractivity contribution in [2.24, 2.45) is 5.10 Å². The molecule has 0 saturated heterocycles. The van der Waals surface area contributed by atoms with Gasteiger partial charge in [-0.05, 0) is 45.7 Å². The highest BCUT2D eigenvalue weighted by atomic mass is 32.1. The van der Waals surface area contributed by atoms with E-state index in [1.165, 1.54) is 12.5 Å². The number of carbonyl (C=O) groups excluding carboxylic acids is 2. The van der Waals surface area contributed by atoms with E-state index in [0.29, 0.717) is 37.5 Å². The molecule has 30 heavy (non-hydrogen) atoms. The number of hydrogen-bond donors (Lipinski definition) is 1. The standard InChI is InChI=1S/C20H22N4O5S/c1-6-28-19(26)15-10(3)13(12(5)23-15)8-22-24-9-21-17-14(18(24)25)11(4)16(30-17)20(27)29-7-2/h8-9,23H,6-7H2,1-5H3. The van der Waals surface area contributed by atoms with Crippen LogP contribution < -0.4 is 5.56 Å². The number of carbonyl (C=O) groups is 2. The molecular formula is C20H22N4O5S. The fraction of sp³-hybridized carbons (Fsp3) is 0.350. The number of thiophene rings is 1. The Morgan fingerprint density at radius 3 is 2.50 bits per heavy atom. The van der Waals surface area contributed by atoms with E-state index in [1.807, 2.05) is 0 Å². The molecule has 0 saturated carbocycles. The summed E-state index contributed by atoms with van der Waals surface area (Å²) in [6, 6.07) is 0. The SMILES string of the molecule is CCOC(=O)c1[nH]c(C)c(C=Nn2cnc3sc(C(=O)OCC)c(C)c3c2=O)c1C. The molecule has 3 rings (SSSR count). The zero-order valence-electron chi connectivity index (χ0n) is 17.4. The molecule has 0 bridgehead atoms. The van der Waals surface area contributed by atoms with Gasteiger partial charge in [0.1, 0.15) is 21.7 Å². The van der Waals surface area contributed by atoms with E-state index in [-0.39, 0.29) is 13.2 Å². The third-order valence-corrected chi connectivity index (χ3v) is 5.76. The van der Waals surface area contributed by atoms with Crippen LogP contribution in [-0.4, -0.2) is 46.0 Å². The van der Waals surface area contributed by atoms with Crippen molar-refractivity contribution >= 4 is 39.7 Å². The number of nitrogens with one attached hydrogen (secondary N) is 1. The number of H-pyrrole nitrogens is 1. The van der Waals surface area contributed by atoms with E-state index < -0.39 is 17.5 Å². The van der Waals surface area contributed by atoms with Gasteiger partial charge in [-0.3, -0.25) is 4.79 Å². The van der Waals surface area contributed by atoms with E-state index in [0.717, 1.165) is 21.7 Å². The Morgan fingerprint density at radius 2 is 1.83 bits per heavy atom. The molecule has 0 fully saturated rings. The largest absolute Gasteiger partial charge is 0.462 e. The average molecular weight is 430 g/mol. The van der Waals surface area contributed by atoms with Gasteiger partial charge in [0.15, 0.2) is 0 Å². The van der Waals surface area contributed by atoms with Crippen molar-refractivity contribution in [1.82, 2.24) is 14.6 Å². The van der Waals surface area contributed by atoms with Crippen LogP contribution in [0.3, 0.4) is 0 Å². The molecule has 0 aliphatic heterocycles. The summed E-state index contributed by atoms with van der Waals surface area (Å²) < 4.78 is 11.2. The van der Waals surface area contributed by atoms with Crippen LogP contribution in [0.15, 0.2) is 16.2 Å². The molecule has 3 aromatic heterocycles. The first kappa shape index (κ1) is 21.4. The van der Waals surface area contributed by atoms with Crippen LogP contribution in [0.4, 0.5) is 0 Å². The Labute approximate surface area is 176 Å². The van der Waals surface area contributed by atoms with Crippen molar-refractivity contribution in [3.8, 4) is 0 Å². The van der Waals surface area contributed by atoms with Gasteiger partial charge in [-0.1, -0.05) is 0 Å². The second-order valence-electron chi connectivity index (χ2n) is 6.48. The second kappa shape index (κ2) is 8.62. The fourth-order valence-electron chi connectivity index (χ4n) is 3.07. The summed E-state index contributed by atoms with van der Waals surface area (Å²) in [6.45, 7) is 9.24. The lowest BCUT2D eigenvalue weighted by Crippen LogP contribution is -2.17. The average Bonchev–Trinajstić information content (AvgIpc) is 3.19. The summed E-state index contributed by atoms with van der Waals surface area (Å²) in [5.41, 5.74) is 2.56. The molecule has 1 N–H and O–H groups in total. The van der Waals surface area contributed by atoms with E-state index in [4.69, 9.17) is 9.47 Å². The van der Waals surface area contributed by atoms with Gasteiger partial charge in [-0.25, -0.2) is 14.6 Å². The highest BCUT2D eigenvalue weighted by molar-refractivity contribution is 7.20. The molecule has 0 aliphatic rings. The van der Waals surface area contributed by atoms with Crippen LogP contribution in [0, 0.1) is 20.8 Å². The zero-order chi connectivity index (χ0) is 22.0. The normalized spacial score (nSPS) is 11.4. The van der Waals surface area contributed by atoms with Gasteiger partial charge in [0.05, 0.1) is 24.8 Å². The molecule has 0 radical (unpaired) electrons. The Kier molecular flexibility index (Phi) is 6.16. The number of aryl methyl sites for hydroxylation is 2. The highest BCUT2D eigenvalue weighted by Crippen LogP contribution is 2.27. The van der Waals surface area contributed by atoms with Crippen molar-refractivity contribution in [3.63, 3.8) is 0 Å². The number of aromatic nitrogens is 3. The molecule has 9 nitrogen and oxygen atoms in total. The summed E-state index contributed by atoms with van der Waals surface area (Å²) in [5, 5.41) is 4.56. The molecule has 0 spiro atoms. The molecule has 10 heteroatoms. The second-order valence-corrected chi connectivity index (χ2v) is 7.48. The summed E-state index contributed by atoms with van der Waals surface area (Å²) in [5.74, 6) is -0.920. The molecule has 3 aromatic rings. The Balaban J connectivity index is 2.01. The van der Waals surface area contributed by atoms with E-state index in [9.17, 15) is 14.4 Å². The first-order valence-corrected chi connectivity index (χ1v) is 10.2. The van der Waals surface area contributed by atoms with E-state index in [1.54, 1.807) is 34.6 Å². The van der Waals surface area contributed by atoms with Gasteiger partial charge in [0.2, 0.25) is 0 Å². The summed E-state index contributed by atoms with van der Waals surface area (Å²) >= 11 is 1.12. The Bertz CT molecular complexity index is 1220. The third-order valence-electron chi connectivity index (χ3n) is 4.58. The molecule has 3 heterocycles. The minimum absolute atomic E-state index is 0.248. The lowest BCUT2D eigenvalue weighted by molar-refractivity contribution is 0.0514. The molecule has 0 amide bonds. The molecule has 0 atom stereocenters. The molecule has 0 aliphatic carbocycles. The molecule has 0 aromatic carbocycles. The number of nitrogens with zero attached hydrogens (tertiary/aromatic N) is 3. The first-order chi connectivity index (χ1) is 14.3. The number of esters is 2. The van der Waals surface area contributed by atoms with Gasteiger partial charge in [-0.15, -0.1) is 11.3 Å². The molecule has 0 unspecified atom stereocenters. The van der Waals surface area contributed by atoms with Crippen LogP contribution in [0.2, 0.25) is 0 Å². The third kappa shape index (κ3) is 3.78. The van der Waals surface area contributed by atoms with Crippen molar-refractivity contribution in [1.29, 1.82) is 0 Å². The van der Waals surface area contributed by atoms with Crippen LogP contribution in [0.1, 0.15) is 56.4 Å². The van der Waals surface area contributed by atoms with E-state index in [2.05, 4.69) is 15.1 Å². The van der Waals surface area contributed by atoms with Gasteiger partial charge in [0, 0.05) is 11.3 Å². The Morgan fingerprint density at radius 1 is 1.17 bits per heavy atom. The number of hydrogen-bond acceptors (Lipinski definition) is 8. The monoisotopic (exact) mass is 430 g/mol. The first-order valence-electron chi connectivity index (χ1n) is 9.38. The van der Waals surface area contributed by atoms with Gasteiger partial charge < -0.3 is 14.5 Å². The summed E-state index contributed by atoms with van der Waals surface area (Å²) in [7, 11) is 0. The predicted octanol–water partition coefficient (Wildman–Crippen LogP) is 2.95. The van der Waals surface area contributed by atoms with Crippen molar-refractivity contribution < 1.29 is 19.1 Å². The summed E-state index contributed by atoms with van der Waals surface area (Å²) in [4.78, 5) is 45.1. The van der Waals surface area contributed by atoms with Crippen LogP contribution >= 0.6 is 11.3 Å². The number of rotatable bonds is 6. The minimum Gasteiger partial charge on any atom is -0.462 e. The number of ether oxygens (including phenoxy) is 2. The van der Waals surface area contributed by atoms with Gasteiger partial charge in [0.25, 0.3) is 5.56 Å². The van der Waals surface area contributed by atoms with Crippen LogP contribution in [0.25, 0.3) is 10.2 Å². The van der Waals surface area contributed by atoms with Crippen LogP contribution in [-0.2, 0) is 9.47 Å². The maximum absolute atomic E-state index is 12.9. The maximum atomic E-state index is 12.9.